The summed E-state index contributed by atoms with van der Waals surface area (Å²) in [7, 11) is 0. The molecule has 0 spiro atoms. The van der Waals surface area contributed by atoms with E-state index in [-0.39, 0.29) is 0 Å². The largest absolute Gasteiger partial charge is 0.327 e. The van der Waals surface area contributed by atoms with Gasteiger partial charge in [-0.15, -0.1) is 0 Å². The maximum atomic E-state index is 6.38. The molecule has 5 aliphatic carbocycles. The first-order valence-electron chi connectivity index (χ1n) is 7.45. The first-order chi connectivity index (χ1) is 8.25. The topological polar surface area (TPSA) is 52.0 Å². The Labute approximate surface area is 103 Å². The second-order valence-corrected chi connectivity index (χ2v) is 7.38. The molecule has 10 unspecified atom stereocenters. The van der Waals surface area contributed by atoms with E-state index in [1.807, 2.05) is 0 Å². The van der Waals surface area contributed by atoms with Gasteiger partial charge in [-0.3, -0.25) is 0 Å². The average Bonchev–Trinajstić information content (AvgIpc) is 3.03. The van der Waals surface area contributed by atoms with Crippen LogP contribution in [0.25, 0.3) is 0 Å². The monoisotopic (exact) mass is 230 g/mol. The van der Waals surface area contributed by atoms with Crippen LogP contribution in [0.15, 0.2) is 12.2 Å². The van der Waals surface area contributed by atoms with Gasteiger partial charge in [0.15, 0.2) is 0 Å². The Morgan fingerprint density at radius 1 is 0.647 bits per heavy atom. The van der Waals surface area contributed by atoms with Gasteiger partial charge >= 0.3 is 0 Å². The number of fused-ring (bicyclic) bond motifs is 12. The maximum absolute atomic E-state index is 6.38. The first-order valence-corrected chi connectivity index (χ1v) is 7.45. The maximum Gasteiger partial charge on any atom is 0.00880 e. The summed E-state index contributed by atoms with van der Waals surface area (Å²) >= 11 is 0. The molecule has 5 rings (SSSR count). The molecule has 0 aromatic rings. The van der Waals surface area contributed by atoms with Crippen LogP contribution in [0.4, 0.5) is 0 Å². The summed E-state index contributed by atoms with van der Waals surface area (Å²) in [5.41, 5.74) is 12.8. The molecule has 4 N–H and O–H groups in total. The molecular formula is C15H22N2. The lowest BCUT2D eigenvalue weighted by Gasteiger charge is -2.41. The van der Waals surface area contributed by atoms with Crippen molar-refractivity contribution in [1.82, 2.24) is 0 Å². The second kappa shape index (κ2) is 2.80. The second-order valence-electron chi connectivity index (χ2n) is 7.38. The van der Waals surface area contributed by atoms with Crippen LogP contribution in [-0.4, -0.2) is 12.1 Å². The van der Waals surface area contributed by atoms with E-state index < -0.39 is 0 Å². The van der Waals surface area contributed by atoms with Crippen molar-refractivity contribution in [1.29, 1.82) is 0 Å². The van der Waals surface area contributed by atoms with Crippen molar-refractivity contribution < 1.29 is 0 Å². The van der Waals surface area contributed by atoms with Crippen molar-refractivity contribution in [3.8, 4) is 0 Å². The summed E-state index contributed by atoms with van der Waals surface area (Å²) < 4.78 is 0. The standard InChI is InChI=1S/C15H22N2/c16-10-5-11(17)15-9-4-8(14(10)15)12-6-1-2-7(3-6)13(9)12/h1-2,6-15H,3-5,16-17H2. The van der Waals surface area contributed by atoms with Gasteiger partial charge in [-0.1, -0.05) is 12.2 Å². The first kappa shape index (κ1) is 9.57. The molecule has 0 aromatic carbocycles. The zero-order chi connectivity index (χ0) is 11.3. The van der Waals surface area contributed by atoms with Gasteiger partial charge in [0, 0.05) is 12.1 Å². The molecule has 0 aliphatic heterocycles. The van der Waals surface area contributed by atoms with Crippen molar-refractivity contribution in [2.24, 2.45) is 58.8 Å². The Hall–Kier alpha value is -0.340. The highest BCUT2D eigenvalue weighted by Gasteiger charge is 2.67. The fraction of sp³-hybridized carbons (Fsp3) is 0.867. The lowest BCUT2D eigenvalue weighted by Crippen LogP contribution is -2.42. The van der Waals surface area contributed by atoms with Gasteiger partial charge in [0.05, 0.1) is 0 Å². The van der Waals surface area contributed by atoms with Crippen molar-refractivity contribution in [3.63, 3.8) is 0 Å². The molecular weight excluding hydrogens is 208 g/mol. The summed E-state index contributed by atoms with van der Waals surface area (Å²) in [6, 6.07) is 0.822. The highest BCUT2D eigenvalue weighted by Crippen LogP contribution is 2.70. The minimum atomic E-state index is 0.411. The van der Waals surface area contributed by atoms with E-state index >= 15 is 0 Å². The summed E-state index contributed by atoms with van der Waals surface area (Å²) in [6.45, 7) is 0. The van der Waals surface area contributed by atoms with E-state index in [9.17, 15) is 0 Å². The lowest BCUT2D eigenvalue weighted by atomic mass is 9.65. The van der Waals surface area contributed by atoms with Gasteiger partial charge in [-0.25, -0.2) is 0 Å². The number of rotatable bonds is 0. The Kier molecular flexibility index (Phi) is 1.58. The van der Waals surface area contributed by atoms with Crippen LogP contribution < -0.4 is 11.5 Å². The molecule has 4 saturated carbocycles. The molecule has 0 saturated heterocycles. The van der Waals surface area contributed by atoms with E-state index in [0.717, 1.165) is 53.8 Å². The van der Waals surface area contributed by atoms with E-state index in [4.69, 9.17) is 11.5 Å². The smallest absolute Gasteiger partial charge is 0.00880 e. The molecule has 5 aliphatic rings. The molecule has 2 nitrogen and oxygen atoms in total. The fourth-order valence-electron chi connectivity index (χ4n) is 6.97. The Morgan fingerprint density at radius 3 is 1.71 bits per heavy atom. The average molecular weight is 230 g/mol. The van der Waals surface area contributed by atoms with Crippen LogP contribution in [0.3, 0.4) is 0 Å². The predicted molar refractivity (Wildman–Crippen MR) is 66.9 cm³/mol. The van der Waals surface area contributed by atoms with Crippen LogP contribution in [0.2, 0.25) is 0 Å². The number of allylic oxidation sites excluding steroid dienone is 2. The number of hydrogen-bond acceptors (Lipinski definition) is 2. The molecule has 4 bridgehead atoms. The third-order valence-corrected chi connectivity index (χ3v) is 7.08. The molecule has 17 heavy (non-hydrogen) atoms. The van der Waals surface area contributed by atoms with Gasteiger partial charge in [0.25, 0.3) is 0 Å². The minimum absolute atomic E-state index is 0.411. The van der Waals surface area contributed by atoms with Gasteiger partial charge < -0.3 is 11.5 Å². The summed E-state index contributed by atoms with van der Waals surface area (Å²) in [5, 5.41) is 0. The van der Waals surface area contributed by atoms with Crippen LogP contribution in [-0.2, 0) is 0 Å². The normalized spacial score (nSPS) is 70.0. The van der Waals surface area contributed by atoms with Gasteiger partial charge in [0.2, 0.25) is 0 Å². The Morgan fingerprint density at radius 2 is 1.18 bits per heavy atom. The third-order valence-electron chi connectivity index (χ3n) is 7.08. The van der Waals surface area contributed by atoms with E-state index in [0.29, 0.717) is 12.1 Å². The van der Waals surface area contributed by atoms with Crippen LogP contribution in [0, 0.1) is 47.3 Å². The molecule has 92 valence electrons. The summed E-state index contributed by atoms with van der Waals surface area (Å²) in [4.78, 5) is 0. The van der Waals surface area contributed by atoms with Crippen LogP contribution in [0.5, 0.6) is 0 Å². The summed E-state index contributed by atoms with van der Waals surface area (Å²) in [5.74, 6) is 7.22. The van der Waals surface area contributed by atoms with Gasteiger partial charge in [-0.05, 0) is 66.6 Å². The molecule has 0 radical (unpaired) electrons. The van der Waals surface area contributed by atoms with Gasteiger partial charge in [-0.2, -0.15) is 0 Å². The quantitative estimate of drug-likeness (QED) is 0.488. The highest BCUT2D eigenvalue weighted by molar-refractivity contribution is 5.24. The fourth-order valence-corrected chi connectivity index (χ4v) is 6.97. The molecule has 4 fully saturated rings. The van der Waals surface area contributed by atoms with Crippen molar-refractivity contribution in [2.45, 2.75) is 31.3 Å². The van der Waals surface area contributed by atoms with Crippen molar-refractivity contribution >= 4 is 0 Å². The SMILES string of the molecule is NC1CC(N)C2C3CC(C12)C1C2C=CC(C2)C31. The Balaban J connectivity index is 1.59. The van der Waals surface area contributed by atoms with Crippen LogP contribution in [0.1, 0.15) is 19.3 Å². The zero-order valence-corrected chi connectivity index (χ0v) is 10.2. The number of nitrogens with two attached hydrogens (primary N) is 2. The predicted octanol–water partition coefficient (Wildman–Crippen LogP) is 1.37. The van der Waals surface area contributed by atoms with Gasteiger partial charge in [0.1, 0.15) is 0 Å². The molecule has 10 atom stereocenters. The highest BCUT2D eigenvalue weighted by atomic mass is 14.9. The van der Waals surface area contributed by atoms with Crippen LogP contribution >= 0.6 is 0 Å². The molecule has 0 amide bonds. The lowest BCUT2D eigenvalue weighted by molar-refractivity contribution is 0.0952. The zero-order valence-electron chi connectivity index (χ0n) is 10.2. The number of hydrogen-bond donors (Lipinski definition) is 2. The molecule has 0 heterocycles. The Bertz CT molecular complexity index is 370. The third kappa shape index (κ3) is 0.910. The summed E-state index contributed by atoms with van der Waals surface area (Å²) in [6.07, 6.45) is 9.03. The van der Waals surface area contributed by atoms with Crippen molar-refractivity contribution in [3.05, 3.63) is 12.2 Å². The molecule has 2 heteroatoms. The molecule has 0 aromatic heterocycles. The van der Waals surface area contributed by atoms with E-state index in [2.05, 4.69) is 12.2 Å². The minimum Gasteiger partial charge on any atom is -0.327 e. The van der Waals surface area contributed by atoms with E-state index in [1.165, 1.54) is 12.8 Å². The van der Waals surface area contributed by atoms with Crippen molar-refractivity contribution in [2.75, 3.05) is 0 Å². The van der Waals surface area contributed by atoms with E-state index in [1.54, 1.807) is 0 Å².